The Balaban J connectivity index is 1.63. The van der Waals surface area contributed by atoms with E-state index in [1.54, 1.807) is 11.3 Å². The van der Waals surface area contributed by atoms with Crippen molar-refractivity contribution < 1.29 is 9.53 Å². The Morgan fingerprint density at radius 3 is 3.18 bits per heavy atom. The number of aryl methyl sites for hydroxylation is 1. The molecule has 1 amide bonds. The molecular formula is C16H19N3O2S. The number of amides is 1. The minimum absolute atomic E-state index is 0.00499. The molecule has 2 heterocycles. The van der Waals surface area contributed by atoms with Crippen molar-refractivity contribution >= 4 is 22.9 Å². The summed E-state index contributed by atoms with van der Waals surface area (Å²) >= 11 is 1.62. The van der Waals surface area contributed by atoms with Crippen LogP contribution in [0.25, 0.3) is 11.3 Å². The summed E-state index contributed by atoms with van der Waals surface area (Å²) in [7, 11) is 0. The summed E-state index contributed by atoms with van der Waals surface area (Å²) < 4.78 is 5.36. The highest BCUT2D eigenvalue weighted by Gasteiger charge is 2.17. The van der Waals surface area contributed by atoms with Gasteiger partial charge in [0.15, 0.2) is 0 Å². The summed E-state index contributed by atoms with van der Waals surface area (Å²) in [6.45, 7) is 4.09. The first-order valence-electron chi connectivity index (χ1n) is 7.34. The Morgan fingerprint density at radius 2 is 2.45 bits per heavy atom. The molecule has 1 aliphatic rings. The standard InChI is InChI=1S/C16H19N3O2S/c1-11-18-15(10-22-11)12-3-2-4-13(7-12)19-16(20)8-14-9-21-6-5-17-14/h2-4,7,10,14,17H,5-6,8-9H2,1H3,(H,19,20)/t14-/m0/s1. The molecule has 6 heteroatoms. The SMILES string of the molecule is Cc1nc(-c2cccc(NC(=O)C[C@H]3COCCN3)c2)cs1. The summed E-state index contributed by atoms with van der Waals surface area (Å²) in [4.78, 5) is 16.6. The van der Waals surface area contributed by atoms with E-state index in [2.05, 4.69) is 15.6 Å². The van der Waals surface area contributed by atoms with Crippen molar-refractivity contribution in [2.75, 3.05) is 25.1 Å². The second-order valence-electron chi connectivity index (χ2n) is 5.31. The molecule has 3 rings (SSSR count). The van der Waals surface area contributed by atoms with Crippen molar-refractivity contribution in [1.82, 2.24) is 10.3 Å². The molecule has 1 saturated heterocycles. The molecule has 1 aromatic heterocycles. The molecule has 0 unspecified atom stereocenters. The van der Waals surface area contributed by atoms with Crippen LogP contribution < -0.4 is 10.6 Å². The van der Waals surface area contributed by atoms with Crippen LogP contribution in [0.1, 0.15) is 11.4 Å². The largest absolute Gasteiger partial charge is 0.378 e. The van der Waals surface area contributed by atoms with E-state index in [9.17, 15) is 4.79 Å². The van der Waals surface area contributed by atoms with Gasteiger partial charge in [-0.15, -0.1) is 11.3 Å². The van der Waals surface area contributed by atoms with Crippen LogP contribution in [0.2, 0.25) is 0 Å². The van der Waals surface area contributed by atoms with Gasteiger partial charge in [-0.25, -0.2) is 4.98 Å². The number of hydrogen-bond acceptors (Lipinski definition) is 5. The van der Waals surface area contributed by atoms with Gasteiger partial charge in [0, 0.05) is 35.6 Å². The molecule has 0 spiro atoms. The number of morpholine rings is 1. The normalized spacial score (nSPS) is 18.1. The monoisotopic (exact) mass is 317 g/mol. The number of nitrogens with zero attached hydrogens (tertiary/aromatic N) is 1. The topological polar surface area (TPSA) is 63.2 Å². The quantitative estimate of drug-likeness (QED) is 0.909. The summed E-state index contributed by atoms with van der Waals surface area (Å²) in [5.41, 5.74) is 2.76. The number of nitrogens with one attached hydrogen (secondary N) is 2. The van der Waals surface area contributed by atoms with E-state index >= 15 is 0 Å². The van der Waals surface area contributed by atoms with Gasteiger partial charge in [0.25, 0.3) is 0 Å². The van der Waals surface area contributed by atoms with E-state index in [1.807, 2.05) is 36.6 Å². The first kappa shape index (κ1) is 15.1. The van der Waals surface area contributed by atoms with Crippen LogP contribution in [-0.4, -0.2) is 36.7 Å². The van der Waals surface area contributed by atoms with Gasteiger partial charge in [-0.2, -0.15) is 0 Å². The molecule has 2 aromatic rings. The van der Waals surface area contributed by atoms with Crippen molar-refractivity contribution in [3.63, 3.8) is 0 Å². The molecule has 1 aliphatic heterocycles. The predicted octanol–water partition coefficient (Wildman–Crippen LogP) is 2.44. The highest BCUT2D eigenvalue weighted by atomic mass is 32.1. The second-order valence-corrected chi connectivity index (χ2v) is 6.37. The zero-order valence-corrected chi connectivity index (χ0v) is 13.3. The summed E-state index contributed by atoms with van der Waals surface area (Å²) in [6.07, 6.45) is 0.417. The molecule has 0 radical (unpaired) electrons. The van der Waals surface area contributed by atoms with Gasteiger partial charge in [-0.05, 0) is 19.1 Å². The molecular weight excluding hydrogens is 298 g/mol. The van der Waals surface area contributed by atoms with Crippen molar-refractivity contribution in [1.29, 1.82) is 0 Å². The molecule has 1 fully saturated rings. The van der Waals surface area contributed by atoms with E-state index in [0.29, 0.717) is 19.6 Å². The van der Waals surface area contributed by atoms with E-state index in [0.717, 1.165) is 28.5 Å². The number of carbonyl (C=O) groups excluding carboxylic acids is 1. The average Bonchev–Trinajstić information content (AvgIpc) is 2.95. The summed E-state index contributed by atoms with van der Waals surface area (Å²) in [5.74, 6) is -0.00499. The highest BCUT2D eigenvalue weighted by Crippen LogP contribution is 2.24. The lowest BCUT2D eigenvalue weighted by Gasteiger charge is -2.23. The van der Waals surface area contributed by atoms with E-state index < -0.39 is 0 Å². The van der Waals surface area contributed by atoms with E-state index in [1.165, 1.54) is 0 Å². The molecule has 0 saturated carbocycles. The van der Waals surface area contributed by atoms with E-state index in [-0.39, 0.29) is 11.9 Å². The highest BCUT2D eigenvalue weighted by molar-refractivity contribution is 7.09. The molecule has 0 bridgehead atoms. The Kier molecular flexibility index (Phi) is 4.82. The fourth-order valence-electron chi connectivity index (χ4n) is 2.44. The maximum absolute atomic E-state index is 12.1. The maximum atomic E-state index is 12.1. The van der Waals surface area contributed by atoms with Crippen molar-refractivity contribution in [3.8, 4) is 11.3 Å². The van der Waals surface area contributed by atoms with Crippen LogP contribution in [-0.2, 0) is 9.53 Å². The van der Waals surface area contributed by atoms with Crippen LogP contribution in [0.4, 0.5) is 5.69 Å². The Morgan fingerprint density at radius 1 is 1.55 bits per heavy atom. The zero-order chi connectivity index (χ0) is 15.4. The van der Waals surface area contributed by atoms with E-state index in [4.69, 9.17) is 4.74 Å². The number of thiazole rings is 1. The van der Waals surface area contributed by atoms with Crippen LogP contribution >= 0.6 is 11.3 Å². The predicted molar refractivity (Wildman–Crippen MR) is 88.1 cm³/mol. The molecule has 5 nitrogen and oxygen atoms in total. The van der Waals surface area contributed by atoms with Crippen molar-refractivity contribution in [2.24, 2.45) is 0 Å². The third-order valence-corrected chi connectivity index (χ3v) is 4.26. The van der Waals surface area contributed by atoms with Gasteiger partial charge in [0.1, 0.15) is 0 Å². The van der Waals surface area contributed by atoms with Crippen LogP contribution in [0.15, 0.2) is 29.6 Å². The van der Waals surface area contributed by atoms with Gasteiger partial charge in [-0.1, -0.05) is 12.1 Å². The first-order valence-corrected chi connectivity index (χ1v) is 8.22. The second kappa shape index (κ2) is 7.00. The smallest absolute Gasteiger partial charge is 0.226 e. The van der Waals surface area contributed by atoms with Crippen LogP contribution in [0.3, 0.4) is 0 Å². The van der Waals surface area contributed by atoms with Crippen LogP contribution in [0, 0.1) is 6.92 Å². The number of aromatic nitrogens is 1. The summed E-state index contributed by atoms with van der Waals surface area (Å²) in [5, 5.41) is 9.29. The third-order valence-electron chi connectivity index (χ3n) is 3.49. The van der Waals surface area contributed by atoms with Gasteiger partial charge >= 0.3 is 0 Å². The molecule has 22 heavy (non-hydrogen) atoms. The first-order chi connectivity index (χ1) is 10.7. The minimum atomic E-state index is -0.00499. The van der Waals surface area contributed by atoms with Gasteiger partial charge in [0.05, 0.1) is 23.9 Å². The van der Waals surface area contributed by atoms with Crippen molar-refractivity contribution in [2.45, 2.75) is 19.4 Å². The molecule has 116 valence electrons. The van der Waals surface area contributed by atoms with Gasteiger partial charge < -0.3 is 15.4 Å². The lowest BCUT2D eigenvalue weighted by Crippen LogP contribution is -2.43. The fourth-order valence-corrected chi connectivity index (χ4v) is 3.06. The molecule has 2 N–H and O–H groups in total. The molecule has 1 atom stereocenters. The molecule has 0 aliphatic carbocycles. The number of rotatable bonds is 4. The number of carbonyl (C=O) groups is 1. The number of hydrogen-bond donors (Lipinski definition) is 2. The van der Waals surface area contributed by atoms with Crippen molar-refractivity contribution in [3.05, 3.63) is 34.7 Å². The van der Waals surface area contributed by atoms with Crippen LogP contribution in [0.5, 0.6) is 0 Å². The Labute approximate surface area is 133 Å². The third kappa shape index (κ3) is 3.91. The number of benzene rings is 1. The molecule has 1 aromatic carbocycles. The van der Waals surface area contributed by atoms with Gasteiger partial charge in [0.2, 0.25) is 5.91 Å². The maximum Gasteiger partial charge on any atom is 0.226 e. The zero-order valence-electron chi connectivity index (χ0n) is 12.5. The number of anilines is 1. The lowest BCUT2D eigenvalue weighted by atomic mass is 10.1. The minimum Gasteiger partial charge on any atom is -0.378 e. The van der Waals surface area contributed by atoms with Gasteiger partial charge in [-0.3, -0.25) is 4.79 Å². The Bertz CT molecular complexity index is 650. The summed E-state index contributed by atoms with van der Waals surface area (Å²) in [6, 6.07) is 7.88. The average molecular weight is 317 g/mol. The Hall–Kier alpha value is -1.76. The number of ether oxygens (including phenoxy) is 1. The fraction of sp³-hybridized carbons (Fsp3) is 0.375. The lowest BCUT2D eigenvalue weighted by molar-refractivity contribution is -0.117.